The van der Waals surface area contributed by atoms with Gasteiger partial charge in [0.15, 0.2) is 0 Å². The van der Waals surface area contributed by atoms with Crippen molar-refractivity contribution >= 4 is 11.8 Å². The summed E-state index contributed by atoms with van der Waals surface area (Å²) >= 11 is 0. The smallest absolute Gasteiger partial charge is 0.220 e. The van der Waals surface area contributed by atoms with Gasteiger partial charge in [0.1, 0.15) is 0 Å². The van der Waals surface area contributed by atoms with Gasteiger partial charge in [-0.15, -0.1) is 0 Å². The zero-order valence-corrected chi connectivity index (χ0v) is 37.8. The lowest BCUT2D eigenvalue weighted by atomic mass is 10.0. The Morgan fingerprint density at radius 3 is 1.04 bits per heavy atom. The van der Waals surface area contributed by atoms with E-state index in [0.29, 0.717) is 39.2 Å². The lowest BCUT2D eigenvalue weighted by Gasteiger charge is -2.21. The predicted octanol–water partition coefficient (Wildman–Crippen LogP) is 13.3. The molecule has 7 heteroatoms. The lowest BCUT2D eigenvalue weighted by Crippen LogP contribution is -2.37. The Labute approximate surface area is 343 Å². The highest BCUT2D eigenvalue weighted by Gasteiger charge is 2.13. The number of carbonyl (C=O) groups excluding carboxylic acids is 2. The van der Waals surface area contributed by atoms with Gasteiger partial charge in [-0.2, -0.15) is 0 Å². The average Bonchev–Trinajstić information content (AvgIpc) is 3.17. The Kier molecular flexibility index (Phi) is 41.5. The van der Waals surface area contributed by atoms with Gasteiger partial charge in [0.2, 0.25) is 11.8 Å². The molecular weight excluding hydrogens is 685 g/mol. The van der Waals surface area contributed by atoms with Crippen molar-refractivity contribution < 1.29 is 23.8 Å². The van der Waals surface area contributed by atoms with Crippen LogP contribution >= 0.6 is 0 Å². The molecule has 0 heterocycles. The third kappa shape index (κ3) is 42.3. The Bertz CT molecular complexity index is 811. The molecule has 0 aromatic heterocycles. The summed E-state index contributed by atoms with van der Waals surface area (Å²) < 4.78 is 17.8. The van der Waals surface area contributed by atoms with Crippen molar-refractivity contribution in [2.75, 3.05) is 26.4 Å². The first-order valence-corrected chi connectivity index (χ1v) is 24.2. The summed E-state index contributed by atoms with van der Waals surface area (Å²) in [6, 6.07) is -0.0256. The predicted molar refractivity (Wildman–Crippen MR) is 236 cm³/mol. The van der Waals surface area contributed by atoms with Gasteiger partial charge in [0.05, 0.1) is 38.1 Å². The van der Waals surface area contributed by atoms with E-state index in [1.54, 1.807) is 0 Å². The Hall–Kier alpha value is -1.18. The SMILES string of the molecule is CCCCCCCCCCCCCCCCCC(=O)NCC(C)OCC(C)OCC(C)OCC(C)NC(=O)CCCCCCCCCCCCCCCCC. The molecule has 328 valence electrons. The molecule has 0 saturated carbocycles. The molecule has 2 amide bonds. The van der Waals surface area contributed by atoms with Crippen LogP contribution in [0.25, 0.3) is 0 Å². The molecule has 0 radical (unpaired) electrons. The topological polar surface area (TPSA) is 85.9 Å². The van der Waals surface area contributed by atoms with Gasteiger partial charge in [0.25, 0.3) is 0 Å². The van der Waals surface area contributed by atoms with Crippen molar-refractivity contribution in [2.24, 2.45) is 0 Å². The van der Waals surface area contributed by atoms with Gasteiger partial charge in [-0.25, -0.2) is 0 Å². The molecular formula is C48H96N2O5. The zero-order valence-electron chi connectivity index (χ0n) is 37.8. The van der Waals surface area contributed by atoms with E-state index in [2.05, 4.69) is 24.5 Å². The molecule has 0 aliphatic heterocycles. The van der Waals surface area contributed by atoms with Crippen LogP contribution in [0.4, 0.5) is 0 Å². The number of carbonyl (C=O) groups is 2. The van der Waals surface area contributed by atoms with Crippen molar-refractivity contribution in [3.05, 3.63) is 0 Å². The van der Waals surface area contributed by atoms with Crippen molar-refractivity contribution in [3.63, 3.8) is 0 Å². The maximum atomic E-state index is 12.4. The molecule has 4 unspecified atom stereocenters. The van der Waals surface area contributed by atoms with Crippen LogP contribution in [0.3, 0.4) is 0 Å². The molecule has 2 N–H and O–H groups in total. The van der Waals surface area contributed by atoms with Crippen molar-refractivity contribution in [2.45, 2.75) is 271 Å². The number of amides is 2. The fraction of sp³-hybridized carbons (Fsp3) is 0.958. The van der Waals surface area contributed by atoms with Gasteiger partial charge in [-0.3, -0.25) is 9.59 Å². The minimum atomic E-state index is -0.0752. The van der Waals surface area contributed by atoms with Crippen LogP contribution < -0.4 is 10.6 Å². The molecule has 0 aromatic rings. The van der Waals surface area contributed by atoms with Crippen LogP contribution in [0.2, 0.25) is 0 Å². The first-order chi connectivity index (χ1) is 26.8. The van der Waals surface area contributed by atoms with E-state index in [-0.39, 0.29) is 36.2 Å². The highest BCUT2D eigenvalue weighted by Crippen LogP contribution is 2.15. The van der Waals surface area contributed by atoms with Gasteiger partial charge in [0, 0.05) is 25.4 Å². The third-order valence-electron chi connectivity index (χ3n) is 10.9. The van der Waals surface area contributed by atoms with Gasteiger partial charge in [-0.1, -0.05) is 194 Å². The summed E-state index contributed by atoms with van der Waals surface area (Å²) in [6.07, 6.45) is 40.9. The van der Waals surface area contributed by atoms with Crippen LogP contribution in [-0.4, -0.2) is 62.5 Å². The minimum Gasteiger partial charge on any atom is -0.374 e. The molecule has 4 atom stereocenters. The molecule has 55 heavy (non-hydrogen) atoms. The number of ether oxygens (including phenoxy) is 3. The van der Waals surface area contributed by atoms with Gasteiger partial charge >= 0.3 is 0 Å². The van der Waals surface area contributed by atoms with E-state index in [0.717, 1.165) is 25.7 Å². The van der Waals surface area contributed by atoms with Crippen LogP contribution in [-0.2, 0) is 23.8 Å². The van der Waals surface area contributed by atoms with E-state index in [9.17, 15) is 9.59 Å². The molecule has 0 fully saturated rings. The third-order valence-corrected chi connectivity index (χ3v) is 10.9. The van der Waals surface area contributed by atoms with Crippen LogP contribution in [0, 0.1) is 0 Å². The molecule has 0 rings (SSSR count). The summed E-state index contributed by atoms with van der Waals surface area (Å²) in [7, 11) is 0. The van der Waals surface area contributed by atoms with E-state index < -0.39 is 0 Å². The molecule has 0 bridgehead atoms. The van der Waals surface area contributed by atoms with Crippen molar-refractivity contribution in [1.29, 1.82) is 0 Å². The second-order valence-corrected chi connectivity index (χ2v) is 17.1. The Morgan fingerprint density at radius 2 is 0.673 bits per heavy atom. The number of rotatable bonds is 44. The number of hydrogen-bond donors (Lipinski definition) is 2. The molecule has 0 aliphatic rings. The lowest BCUT2D eigenvalue weighted by molar-refractivity contribution is -0.123. The maximum Gasteiger partial charge on any atom is 0.220 e. The number of unbranched alkanes of at least 4 members (excludes halogenated alkanes) is 28. The second-order valence-electron chi connectivity index (χ2n) is 17.1. The van der Waals surface area contributed by atoms with E-state index in [1.165, 1.54) is 167 Å². The molecule has 0 aliphatic carbocycles. The Morgan fingerprint density at radius 1 is 0.382 bits per heavy atom. The standard InChI is InChI=1S/C48H96N2O5/c1-7-9-11-13-15-17-19-21-23-25-27-29-31-33-35-37-47(51)49-39-44(4)54-41-46(6)55-42-45(5)53-40-43(3)50-48(52)38-36-34-32-30-28-26-24-22-20-18-16-14-12-10-8-2/h43-46H,7-42H2,1-6H3,(H,49,51)(H,50,52). The first-order valence-electron chi connectivity index (χ1n) is 24.2. The molecule has 0 saturated heterocycles. The zero-order chi connectivity index (χ0) is 40.5. The summed E-state index contributed by atoms with van der Waals surface area (Å²) in [5.41, 5.74) is 0. The van der Waals surface area contributed by atoms with E-state index in [1.807, 2.05) is 27.7 Å². The first kappa shape index (κ1) is 53.8. The van der Waals surface area contributed by atoms with Crippen molar-refractivity contribution in [3.8, 4) is 0 Å². The van der Waals surface area contributed by atoms with Crippen molar-refractivity contribution in [1.82, 2.24) is 10.6 Å². The largest absolute Gasteiger partial charge is 0.374 e. The summed E-state index contributed by atoms with van der Waals surface area (Å²) in [5, 5.41) is 6.11. The monoisotopic (exact) mass is 781 g/mol. The van der Waals surface area contributed by atoms with Crippen LogP contribution in [0.1, 0.15) is 247 Å². The van der Waals surface area contributed by atoms with Gasteiger partial charge < -0.3 is 24.8 Å². The highest BCUT2D eigenvalue weighted by atomic mass is 16.6. The molecule has 0 aromatic carbocycles. The van der Waals surface area contributed by atoms with Gasteiger partial charge in [-0.05, 0) is 40.5 Å². The maximum absolute atomic E-state index is 12.4. The molecule has 0 spiro atoms. The van der Waals surface area contributed by atoms with Crippen LogP contribution in [0.5, 0.6) is 0 Å². The highest BCUT2D eigenvalue weighted by molar-refractivity contribution is 5.76. The summed E-state index contributed by atoms with van der Waals surface area (Å²) in [6.45, 7) is 14.5. The van der Waals surface area contributed by atoms with Crippen LogP contribution in [0.15, 0.2) is 0 Å². The van der Waals surface area contributed by atoms with E-state index in [4.69, 9.17) is 14.2 Å². The summed E-state index contributed by atoms with van der Waals surface area (Å²) in [4.78, 5) is 24.7. The fourth-order valence-corrected chi connectivity index (χ4v) is 7.11. The number of nitrogens with one attached hydrogen (secondary N) is 2. The average molecular weight is 781 g/mol. The minimum absolute atomic E-state index is 0.0256. The normalized spacial score (nSPS) is 13.8. The number of hydrogen-bond acceptors (Lipinski definition) is 5. The quantitative estimate of drug-likeness (QED) is 0.0601. The molecule has 7 nitrogen and oxygen atoms in total. The second kappa shape index (κ2) is 42.4. The fourth-order valence-electron chi connectivity index (χ4n) is 7.11. The Balaban J connectivity index is 3.61. The summed E-state index contributed by atoms with van der Waals surface area (Å²) in [5.74, 6) is 0.242. The van der Waals surface area contributed by atoms with E-state index >= 15 is 0 Å².